The van der Waals surface area contributed by atoms with Gasteiger partial charge >= 0.3 is 0 Å². The highest BCUT2D eigenvalue weighted by Gasteiger charge is 2.28. The van der Waals surface area contributed by atoms with Crippen molar-refractivity contribution in [2.45, 2.75) is 32.3 Å². The monoisotopic (exact) mass is 301 g/mol. The molecule has 1 N–H and O–H groups in total. The maximum Gasteiger partial charge on any atom is 0.246 e. The van der Waals surface area contributed by atoms with Gasteiger partial charge in [0.25, 0.3) is 0 Å². The van der Waals surface area contributed by atoms with Crippen LogP contribution >= 0.6 is 0 Å². The first-order valence-corrected chi connectivity index (χ1v) is 7.80. The van der Waals surface area contributed by atoms with Crippen LogP contribution in [0.15, 0.2) is 23.1 Å². The van der Waals surface area contributed by atoms with E-state index in [-0.39, 0.29) is 22.7 Å². The van der Waals surface area contributed by atoms with Gasteiger partial charge in [-0.1, -0.05) is 26.8 Å². The topological polar surface area (TPSA) is 66.8 Å². The summed E-state index contributed by atoms with van der Waals surface area (Å²) in [6.45, 7) is 6.18. The first-order chi connectivity index (χ1) is 9.11. The Hall–Kier alpha value is -1.11. The van der Waals surface area contributed by atoms with Crippen molar-refractivity contribution in [3.8, 4) is 5.75 Å². The van der Waals surface area contributed by atoms with Gasteiger partial charge in [0.1, 0.15) is 10.6 Å². The van der Waals surface area contributed by atoms with E-state index in [1.165, 1.54) is 23.5 Å². The van der Waals surface area contributed by atoms with Crippen molar-refractivity contribution in [2.24, 2.45) is 5.41 Å². The Morgan fingerprint density at radius 1 is 1.30 bits per heavy atom. The minimum atomic E-state index is -3.61. The molecule has 20 heavy (non-hydrogen) atoms. The van der Waals surface area contributed by atoms with Crippen molar-refractivity contribution in [3.63, 3.8) is 0 Å². The van der Waals surface area contributed by atoms with Gasteiger partial charge in [0.15, 0.2) is 0 Å². The Bertz CT molecular complexity index is 561. The van der Waals surface area contributed by atoms with Crippen LogP contribution in [0.2, 0.25) is 0 Å². The standard InChI is InChI=1S/C14H23NO4S/c1-14(2,3)10-15(4)20(17,18)13-7-6-11(9-16)8-12(13)19-5/h6-8,16H,9-10H2,1-5H3. The van der Waals surface area contributed by atoms with Crippen LogP contribution in [0, 0.1) is 5.41 Å². The van der Waals surface area contributed by atoms with Crippen LogP contribution in [-0.2, 0) is 16.6 Å². The molecule has 0 saturated heterocycles. The molecule has 0 spiro atoms. The zero-order chi connectivity index (χ0) is 15.6. The number of hydrogen-bond donors (Lipinski definition) is 1. The predicted octanol–water partition coefficient (Wildman–Crippen LogP) is 1.85. The largest absolute Gasteiger partial charge is 0.495 e. The molecule has 1 rings (SSSR count). The number of ether oxygens (including phenoxy) is 1. The number of methoxy groups -OCH3 is 1. The van der Waals surface area contributed by atoms with Gasteiger partial charge in [0, 0.05) is 13.6 Å². The van der Waals surface area contributed by atoms with Crippen LogP contribution < -0.4 is 4.74 Å². The summed E-state index contributed by atoms with van der Waals surface area (Å²) in [6.07, 6.45) is 0. The zero-order valence-corrected chi connectivity index (χ0v) is 13.5. The van der Waals surface area contributed by atoms with Gasteiger partial charge in [-0.15, -0.1) is 0 Å². The van der Waals surface area contributed by atoms with Crippen LogP contribution in [0.3, 0.4) is 0 Å². The number of aliphatic hydroxyl groups excluding tert-OH is 1. The SMILES string of the molecule is COc1cc(CO)ccc1S(=O)(=O)N(C)CC(C)(C)C. The van der Waals surface area contributed by atoms with E-state index < -0.39 is 10.0 Å². The highest BCUT2D eigenvalue weighted by Crippen LogP contribution is 2.29. The molecule has 0 unspecified atom stereocenters. The summed E-state index contributed by atoms with van der Waals surface area (Å²) < 4.78 is 31.6. The lowest BCUT2D eigenvalue weighted by molar-refractivity contribution is 0.280. The molecule has 0 bridgehead atoms. The van der Waals surface area contributed by atoms with Gasteiger partial charge in [0.2, 0.25) is 10.0 Å². The molecule has 0 radical (unpaired) electrons. The van der Waals surface area contributed by atoms with E-state index >= 15 is 0 Å². The van der Waals surface area contributed by atoms with E-state index in [1.807, 2.05) is 20.8 Å². The lowest BCUT2D eigenvalue weighted by Crippen LogP contribution is -2.34. The Balaban J connectivity index is 3.21. The Morgan fingerprint density at radius 2 is 1.90 bits per heavy atom. The van der Waals surface area contributed by atoms with E-state index in [4.69, 9.17) is 9.84 Å². The minimum absolute atomic E-state index is 0.115. The summed E-state index contributed by atoms with van der Waals surface area (Å²) in [5.41, 5.74) is 0.472. The molecule has 0 aliphatic rings. The van der Waals surface area contributed by atoms with Crippen LogP contribution in [-0.4, -0.2) is 38.5 Å². The average molecular weight is 301 g/mol. The Labute approximate surface area is 121 Å². The molecule has 0 aromatic heterocycles. The van der Waals surface area contributed by atoms with Gasteiger partial charge in [-0.25, -0.2) is 12.7 Å². The van der Waals surface area contributed by atoms with Crippen LogP contribution in [0.4, 0.5) is 0 Å². The summed E-state index contributed by atoms with van der Waals surface area (Å²) in [5, 5.41) is 9.10. The molecule has 0 fully saturated rings. The minimum Gasteiger partial charge on any atom is -0.495 e. The second-order valence-corrected chi connectivity index (χ2v) is 7.98. The highest BCUT2D eigenvalue weighted by molar-refractivity contribution is 7.89. The van der Waals surface area contributed by atoms with E-state index in [0.29, 0.717) is 12.1 Å². The van der Waals surface area contributed by atoms with Crippen molar-refractivity contribution < 1.29 is 18.3 Å². The van der Waals surface area contributed by atoms with Crippen LogP contribution in [0.1, 0.15) is 26.3 Å². The molecule has 0 saturated carbocycles. The molecular formula is C14H23NO4S. The van der Waals surface area contributed by atoms with Gasteiger partial charge in [-0.05, 0) is 23.1 Å². The van der Waals surface area contributed by atoms with Gasteiger partial charge in [-0.3, -0.25) is 0 Å². The highest BCUT2D eigenvalue weighted by atomic mass is 32.2. The molecule has 0 amide bonds. The third kappa shape index (κ3) is 3.94. The fraction of sp³-hybridized carbons (Fsp3) is 0.571. The average Bonchev–Trinajstić information content (AvgIpc) is 2.35. The van der Waals surface area contributed by atoms with Crippen molar-refractivity contribution in [1.29, 1.82) is 0 Å². The molecule has 0 aliphatic carbocycles. The molecule has 6 heteroatoms. The third-order valence-electron chi connectivity index (χ3n) is 2.80. The summed E-state index contributed by atoms with van der Waals surface area (Å²) in [7, 11) is -0.642. The first kappa shape index (κ1) is 16.9. The fourth-order valence-electron chi connectivity index (χ4n) is 1.94. The van der Waals surface area contributed by atoms with Crippen molar-refractivity contribution in [1.82, 2.24) is 4.31 Å². The van der Waals surface area contributed by atoms with Crippen LogP contribution in [0.5, 0.6) is 5.75 Å². The maximum atomic E-state index is 12.6. The lowest BCUT2D eigenvalue weighted by Gasteiger charge is -2.26. The van der Waals surface area contributed by atoms with Gasteiger partial charge in [-0.2, -0.15) is 0 Å². The Morgan fingerprint density at radius 3 is 2.35 bits per heavy atom. The van der Waals surface area contributed by atoms with Crippen molar-refractivity contribution in [2.75, 3.05) is 20.7 Å². The molecule has 5 nitrogen and oxygen atoms in total. The third-order valence-corrected chi connectivity index (χ3v) is 4.64. The number of sulfonamides is 1. The predicted molar refractivity (Wildman–Crippen MR) is 78.2 cm³/mol. The summed E-state index contributed by atoms with van der Waals surface area (Å²) in [5.74, 6) is 0.248. The molecule has 1 aromatic rings. The number of rotatable bonds is 5. The lowest BCUT2D eigenvalue weighted by atomic mass is 9.97. The van der Waals surface area contributed by atoms with E-state index in [1.54, 1.807) is 13.1 Å². The second kappa shape index (κ2) is 6.11. The number of aliphatic hydroxyl groups is 1. The number of benzene rings is 1. The van der Waals surface area contributed by atoms with Gasteiger partial charge < -0.3 is 9.84 Å². The fourth-order valence-corrected chi connectivity index (χ4v) is 3.47. The number of hydrogen-bond acceptors (Lipinski definition) is 4. The number of nitrogens with zero attached hydrogens (tertiary/aromatic N) is 1. The van der Waals surface area contributed by atoms with Crippen molar-refractivity contribution in [3.05, 3.63) is 23.8 Å². The first-order valence-electron chi connectivity index (χ1n) is 6.36. The normalized spacial score (nSPS) is 12.8. The molecule has 114 valence electrons. The second-order valence-electron chi connectivity index (χ2n) is 5.97. The maximum absolute atomic E-state index is 12.6. The molecule has 0 aliphatic heterocycles. The molecule has 0 atom stereocenters. The van der Waals surface area contributed by atoms with E-state index in [2.05, 4.69) is 0 Å². The van der Waals surface area contributed by atoms with E-state index in [0.717, 1.165) is 0 Å². The molecule has 0 heterocycles. The molecule has 1 aromatic carbocycles. The quantitative estimate of drug-likeness (QED) is 0.901. The molecular weight excluding hydrogens is 278 g/mol. The van der Waals surface area contributed by atoms with Crippen molar-refractivity contribution >= 4 is 10.0 Å². The van der Waals surface area contributed by atoms with Gasteiger partial charge in [0.05, 0.1) is 13.7 Å². The van der Waals surface area contributed by atoms with E-state index in [9.17, 15) is 8.42 Å². The van der Waals surface area contributed by atoms with Crippen LogP contribution in [0.25, 0.3) is 0 Å². The summed E-state index contributed by atoms with van der Waals surface area (Å²) in [6, 6.07) is 4.59. The summed E-state index contributed by atoms with van der Waals surface area (Å²) >= 11 is 0. The zero-order valence-electron chi connectivity index (χ0n) is 12.7. The Kier molecular flexibility index (Phi) is 5.18. The smallest absolute Gasteiger partial charge is 0.246 e. The summed E-state index contributed by atoms with van der Waals surface area (Å²) in [4.78, 5) is 0.115.